The van der Waals surface area contributed by atoms with E-state index in [1.807, 2.05) is 102 Å². The summed E-state index contributed by atoms with van der Waals surface area (Å²) >= 11 is 9.53. The van der Waals surface area contributed by atoms with Gasteiger partial charge in [0.05, 0.1) is 54.7 Å². The van der Waals surface area contributed by atoms with E-state index in [-0.39, 0.29) is 69.5 Å². The molecule has 6 aromatic heterocycles. The maximum atomic E-state index is 12.9. The van der Waals surface area contributed by atoms with Crippen LogP contribution in [-0.2, 0) is 40.3 Å². The van der Waals surface area contributed by atoms with Crippen LogP contribution < -0.4 is 58.3 Å². The number of hydrogen-bond donors (Lipinski definition) is 7. The Hall–Kier alpha value is -10.7. The fraction of sp³-hybridized carbons (Fsp3) is 0.397. The van der Waals surface area contributed by atoms with Gasteiger partial charge in [-0.25, -0.2) is 28.8 Å². The molecule has 9 heterocycles. The van der Waals surface area contributed by atoms with Gasteiger partial charge < -0.3 is 60.9 Å². The number of amides is 2. The molecule has 0 saturated heterocycles. The second kappa shape index (κ2) is 36.9. The maximum Gasteiger partial charge on any atom is 0.490 e. The summed E-state index contributed by atoms with van der Waals surface area (Å²) in [5.41, 5.74) is 25.0. The Kier molecular flexibility index (Phi) is 30.2. The van der Waals surface area contributed by atoms with Crippen molar-refractivity contribution in [2.45, 2.75) is 139 Å². The zero-order chi connectivity index (χ0) is 71.6. The Morgan fingerprint density at radius 2 is 0.921 bits per heavy atom. The Balaban J connectivity index is 0.000000295. The Morgan fingerprint density at radius 1 is 0.554 bits per heavy atom. The number of nitrogen functional groups attached to an aromatic ring is 3. The number of rotatable bonds is 0. The number of nitrogens with one attached hydrogen (secondary N) is 3. The lowest BCUT2D eigenvalue weighted by atomic mass is 10.0. The lowest BCUT2D eigenvalue weighted by Crippen LogP contribution is -2.37. The molecule has 10 N–H and O–H groups in total. The fourth-order valence-electron chi connectivity index (χ4n) is 10.2. The lowest BCUT2D eigenvalue weighted by molar-refractivity contribution is -0.192. The second-order valence-electron chi connectivity index (χ2n) is 24.1. The molecule has 9 aromatic rings. The van der Waals surface area contributed by atoms with Gasteiger partial charge in [0, 0.05) is 53.4 Å². The van der Waals surface area contributed by atoms with Gasteiger partial charge >= 0.3 is 41.4 Å². The van der Waals surface area contributed by atoms with Gasteiger partial charge in [-0.2, -0.15) is 28.1 Å². The largest absolute Gasteiger partial charge is 0.490 e. The molecule has 0 atom stereocenters. The number of carbonyl (C=O) groups is 3. The molecule has 0 radical (unpaired) electrons. The molecule has 0 saturated carbocycles. The fourth-order valence-corrected chi connectivity index (χ4v) is 10.2. The number of carbonyl (C=O) groups excluding carboxylic acids is 2. The summed E-state index contributed by atoms with van der Waals surface area (Å²) in [6.07, 6.45) is 3.35. The standard InChI is InChI=1S/C22H27N5O4.C22H25N5O4.C18H20N4O2.C2HF3O2.CH2Cl2.3CH4.N2/c2*1-22(2,3)31-21(29)26-9-4-5-10-30-17-12-16-18(19(23)24-17)25-20(28)27(16)13-14-7-6-8-15(26)11-14;19-17-16-14-10-15(20-17)24-8-3-1-2-5-12-6-4-7-13(9-12)11-22(14)18(23)21-16;3-2(4,5)1(6)7;2-1-3;;;;1-2/h6-8,11-12H,4-5,9-10,13H2,1-3H3,(H2,23,24)(H,25,28);4-8,11-12H,9-10,13H2,1-3H3,(H2,23,24)(H,25,28);4,6-7,9-10H,1-3,5,8,11H2,(H2,19,20)(H,21,23);(H,6,7);1H2;3*1H4;/b;5-4+;;;;;;;. The van der Waals surface area contributed by atoms with Gasteiger partial charge in [0.25, 0.3) is 0 Å². The first-order valence-corrected chi connectivity index (χ1v) is 31.6. The molecule has 0 fully saturated rings. The highest BCUT2D eigenvalue weighted by Gasteiger charge is 2.38. The van der Waals surface area contributed by atoms with Gasteiger partial charge in [-0.05, 0) is 133 Å². The highest BCUT2D eigenvalue weighted by atomic mass is 35.5. The zero-order valence-electron chi connectivity index (χ0n) is 54.5. The quantitative estimate of drug-likeness (QED) is 0.0421. The summed E-state index contributed by atoms with van der Waals surface area (Å²) in [6.45, 7) is 14.1. The van der Waals surface area contributed by atoms with Crippen LogP contribution in [0.25, 0.3) is 33.1 Å². The van der Waals surface area contributed by atoms with Gasteiger partial charge in [-0.15, -0.1) is 23.2 Å². The molecule has 12 rings (SSSR count). The number of anilines is 5. The minimum absolute atomic E-state index is 0. The molecule has 28 nitrogen and oxygen atoms in total. The van der Waals surface area contributed by atoms with Crippen LogP contribution >= 0.6 is 23.2 Å². The number of hydrogen-bond acceptors (Lipinski definition) is 19. The molecule has 3 aromatic carbocycles. The lowest BCUT2D eigenvalue weighted by Gasteiger charge is -2.28. The number of ether oxygens (including phenoxy) is 5. The maximum absolute atomic E-state index is 12.9. The van der Waals surface area contributed by atoms with Crippen molar-refractivity contribution < 1.29 is 56.3 Å². The van der Waals surface area contributed by atoms with Gasteiger partial charge in [0.1, 0.15) is 34.4 Å². The molecular weight excluding hydrogens is 1360 g/mol. The van der Waals surface area contributed by atoms with Crippen LogP contribution in [-0.4, -0.2) is 122 Å². The van der Waals surface area contributed by atoms with Gasteiger partial charge in [-0.1, -0.05) is 76.9 Å². The summed E-state index contributed by atoms with van der Waals surface area (Å²) in [7, 11) is 0. The van der Waals surface area contributed by atoms with E-state index in [0.717, 1.165) is 60.0 Å². The minimum atomic E-state index is -5.08. The number of fused-ring (bicyclic) bond motifs is 9. The molecule has 546 valence electrons. The zero-order valence-corrected chi connectivity index (χ0v) is 56.0. The number of alkyl halides is 5. The van der Waals surface area contributed by atoms with Crippen molar-refractivity contribution in [2.75, 3.05) is 65.3 Å². The molecule has 3 aliphatic heterocycles. The van der Waals surface area contributed by atoms with Gasteiger partial charge in [0.2, 0.25) is 17.6 Å². The third-order valence-corrected chi connectivity index (χ3v) is 14.4. The van der Waals surface area contributed by atoms with Crippen LogP contribution in [0.15, 0.2) is 118 Å². The minimum Gasteiger partial charge on any atom is -0.478 e. The van der Waals surface area contributed by atoms with Crippen LogP contribution in [0.1, 0.15) is 118 Å². The topological polar surface area (TPSA) is 402 Å². The number of aromatic amines is 3. The molecule has 2 amide bonds. The van der Waals surface area contributed by atoms with Crippen LogP contribution in [0, 0.1) is 10.8 Å². The number of carboxylic acids is 1. The SMILES string of the molecule is C.C.C.CC(C)(C)OC(=O)N1C/C=C/COc2cc3c([nH]c(=O)n3Cc3cccc1c3)c(N)n2.CC(C)(C)OC(=O)N1CCCCOc2cc3c([nH]c(=O)n3Cc3cccc1c3)c(N)n2.ClCCl.N#N.Nc1nc2cc3c1[nH]c(=O)n3Cc1cccc(c1)CCCCCO2.O=C(O)C(F)(F)F. The first-order chi connectivity index (χ1) is 46.5. The van der Waals surface area contributed by atoms with E-state index >= 15 is 0 Å². The third-order valence-electron chi connectivity index (χ3n) is 14.4. The smallest absolute Gasteiger partial charge is 0.478 e. The predicted octanol–water partition coefficient (Wildman–Crippen LogP) is 12.8. The summed E-state index contributed by atoms with van der Waals surface area (Å²) < 4.78 is 65.0. The van der Waals surface area contributed by atoms with Gasteiger partial charge in [0.15, 0.2) is 17.5 Å². The van der Waals surface area contributed by atoms with Crippen molar-refractivity contribution in [3.05, 3.63) is 157 Å². The summed E-state index contributed by atoms with van der Waals surface area (Å²) in [5, 5.41) is 19.3. The number of nitrogens with zero attached hydrogens (tertiary/aromatic N) is 10. The van der Waals surface area contributed by atoms with Crippen molar-refractivity contribution in [3.8, 4) is 17.6 Å². The van der Waals surface area contributed by atoms with Crippen LogP contribution in [0.4, 0.5) is 51.6 Å². The molecular formula is C68H87Cl2F3N16O12. The van der Waals surface area contributed by atoms with Crippen molar-refractivity contribution in [1.29, 1.82) is 10.8 Å². The third kappa shape index (κ3) is 22.9. The van der Waals surface area contributed by atoms with E-state index in [2.05, 4.69) is 48.1 Å². The van der Waals surface area contributed by atoms with E-state index in [9.17, 15) is 37.1 Å². The van der Waals surface area contributed by atoms with Crippen molar-refractivity contribution in [3.63, 3.8) is 0 Å². The first kappa shape index (κ1) is 82.7. The number of aromatic nitrogens is 9. The predicted molar refractivity (Wildman–Crippen MR) is 384 cm³/mol. The highest BCUT2D eigenvalue weighted by molar-refractivity contribution is 6.40. The number of aryl methyl sites for hydroxylation is 1. The number of aliphatic carboxylic acids is 1. The Labute approximate surface area is 590 Å². The van der Waals surface area contributed by atoms with Gasteiger partial charge in [-0.3, -0.25) is 23.5 Å². The first-order valence-electron chi connectivity index (χ1n) is 30.6. The van der Waals surface area contributed by atoms with Crippen LogP contribution in [0.3, 0.4) is 0 Å². The van der Waals surface area contributed by atoms with E-state index in [1.54, 1.807) is 47.8 Å². The summed E-state index contributed by atoms with van der Waals surface area (Å²) in [6, 6.07) is 28.6. The molecule has 0 aliphatic carbocycles. The van der Waals surface area contributed by atoms with Crippen molar-refractivity contribution in [1.82, 2.24) is 43.6 Å². The highest BCUT2D eigenvalue weighted by Crippen LogP contribution is 2.29. The monoisotopic (exact) mass is 1450 g/mol. The normalized spacial score (nSPS) is 13.9. The van der Waals surface area contributed by atoms with E-state index in [1.165, 1.54) is 5.56 Å². The molecule has 101 heavy (non-hydrogen) atoms. The van der Waals surface area contributed by atoms with E-state index in [4.69, 9.17) is 84.8 Å². The average molecular weight is 1450 g/mol. The van der Waals surface area contributed by atoms with E-state index in [0.29, 0.717) is 103 Å². The van der Waals surface area contributed by atoms with Crippen molar-refractivity contribution in [2.24, 2.45) is 0 Å². The molecule has 33 heteroatoms. The average Bonchev–Trinajstić information content (AvgIpc) is 1.66. The van der Waals surface area contributed by atoms with Crippen LogP contribution in [0.5, 0.6) is 17.6 Å². The molecule has 0 spiro atoms. The number of nitrogens with two attached hydrogens (primary N) is 3. The number of pyridine rings is 3. The number of imidazole rings is 3. The second-order valence-corrected chi connectivity index (χ2v) is 24.9. The number of benzene rings is 3. The molecule has 0 unspecified atom stereocenters. The number of carboxylic acid groups (broad SMARTS) is 1. The summed E-state index contributed by atoms with van der Waals surface area (Å²) in [4.78, 5) is 96.4. The Bertz CT molecular complexity index is 4510. The molecule has 12 bridgehead atoms. The number of halogens is 5. The number of H-pyrrole nitrogens is 3. The van der Waals surface area contributed by atoms with Crippen molar-refractivity contribution >= 4 is 103 Å². The van der Waals surface area contributed by atoms with E-state index < -0.39 is 35.5 Å². The molecule has 3 aliphatic rings. The summed E-state index contributed by atoms with van der Waals surface area (Å²) in [5.74, 6) is -0.889. The van der Waals surface area contributed by atoms with Crippen LogP contribution in [0.2, 0.25) is 0 Å². The Morgan fingerprint density at radius 3 is 1.34 bits per heavy atom.